The second-order valence-corrected chi connectivity index (χ2v) is 6.08. The number of hydrogen-bond acceptors (Lipinski definition) is 2. The first-order valence-electron chi connectivity index (χ1n) is 7.77. The van der Waals surface area contributed by atoms with Crippen molar-refractivity contribution in [2.24, 2.45) is 5.73 Å². The van der Waals surface area contributed by atoms with Gasteiger partial charge in [0, 0.05) is 5.54 Å². The van der Waals surface area contributed by atoms with Gasteiger partial charge in [0.2, 0.25) is 0 Å². The molecule has 1 fully saturated rings. The summed E-state index contributed by atoms with van der Waals surface area (Å²) in [5.41, 5.74) is 8.67. The van der Waals surface area contributed by atoms with Gasteiger partial charge in [-0.2, -0.15) is 0 Å². The molecule has 110 valence electrons. The highest BCUT2D eigenvalue weighted by Gasteiger charge is 2.31. The van der Waals surface area contributed by atoms with Crippen molar-refractivity contribution < 1.29 is 4.74 Å². The molecule has 21 heavy (non-hydrogen) atoms. The van der Waals surface area contributed by atoms with Crippen LogP contribution in [0.1, 0.15) is 42.9 Å². The summed E-state index contributed by atoms with van der Waals surface area (Å²) in [6.07, 6.45) is 4.56. The third kappa shape index (κ3) is 3.52. The van der Waals surface area contributed by atoms with E-state index < -0.39 is 0 Å². The van der Waals surface area contributed by atoms with Gasteiger partial charge >= 0.3 is 0 Å². The Kier molecular flexibility index (Phi) is 4.37. The number of hydrogen-bond donors (Lipinski definition) is 1. The van der Waals surface area contributed by atoms with Gasteiger partial charge in [0.25, 0.3) is 0 Å². The Balaban J connectivity index is 1.80. The van der Waals surface area contributed by atoms with E-state index >= 15 is 0 Å². The van der Waals surface area contributed by atoms with Gasteiger partial charge in [0.1, 0.15) is 6.10 Å². The fraction of sp³-hybridized carbons (Fsp3) is 0.368. The molecular weight excluding hydrogens is 258 g/mol. The zero-order valence-electron chi connectivity index (χ0n) is 12.4. The molecule has 2 nitrogen and oxygen atoms in total. The Bertz CT molecular complexity index is 507. The van der Waals surface area contributed by atoms with Gasteiger partial charge in [-0.3, -0.25) is 0 Å². The molecule has 2 aromatic carbocycles. The minimum absolute atomic E-state index is 0.0339. The van der Waals surface area contributed by atoms with Crippen molar-refractivity contribution in [2.75, 3.05) is 6.61 Å². The first-order valence-corrected chi connectivity index (χ1v) is 7.77. The summed E-state index contributed by atoms with van der Waals surface area (Å²) in [5, 5.41) is 0. The van der Waals surface area contributed by atoms with Crippen molar-refractivity contribution in [2.45, 2.75) is 37.3 Å². The molecule has 3 rings (SSSR count). The fourth-order valence-electron chi connectivity index (χ4n) is 3.11. The van der Waals surface area contributed by atoms with E-state index in [9.17, 15) is 0 Å². The van der Waals surface area contributed by atoms with Gasteiger partial charge in [-0.25, -0.2) is 0 Å². The van der Waals surface area contributed by atoms with Crippen molar-refractivity contribution in [3.8, 4) is 0 Å². The third-order valence-corrected chi connectivity index (χ3v) is 4.34. The molecular formula is C19H23NO. The highest BCUT2D eigenvalue weighted by molar-refractivity contribution is 5.29. The fourth-order valence-corrected chi connectivity index (χ4v) is 3.11. The molecule has 0 atom stereocenters. The zero-order valence-corrected chi connectivity index (χ0v) is 12.4. The van der Waals surface area contributed by atoms with Crippen LogP contribution >= 0.6 is 0 Å². The lowest BCUT2D eigenvalue weighted by Crippen LogP contribution is -2.41. The maximum Gasteiger partial charge on any atom is 0.108 e. The molecule has 0 aliphatic heterocycles. The molecule has 0 heterocycles. The maximum atomic E-state index is 6.44. The molecule has 2 heteroatoms. The van der Waals surface area contributed by atoms with Gasteiger partial charge < -0.3 is 10.5 Å². The lowest BCUT2D eigenvalue weighted by Gasteiger charge is -2.27. The lowest BCUT2D eigenvalue weighted by atomic mass is 9.98. The Morgan fingerprint density at radius 2 is 1.33 bits per heavy atom. The standard InChI is InChI=1S/C19H23NO/c20-19(13-7-8-14-19)15-21-18(16-9-3-1-4-10-16)17-11-5-2-6-12-17/h1-6,9-12,18H,7-8,13-15,20H2. The van der Waals surface area contributed by atoms with Gasteiger partial charge in [0.15, 0.2) is 0 Å². The Morgan fingerprint density at radius 1 is 0.857 bits per heavy atom. The number of benzene rings is 2. The van der Waals surface area contributed by atoms with E-state index in [0.717, 1.165) is 12.8 Å². The lowest BCUT2D eigenvalue weighted by molar-refractivity contribution is 0.0423. The largest absolute Gasteiger partial charge is 0.367 e. The van der Waals surface area contributed by atoms with E-state index in [1.54, 1.807) is 0 Å². The van der Waals surface area contributed by atoms with Gasteiger partial charge in [0.05, 0.1) is 6.61 Å². The van der Waals surface area contributed by atoms with E-state index in [1.165, 1.54) is 24.0 Å². The zero-order chi connectivity index (χ0) is 14.5. The molecule has 0 bridgehead atoms. The molecule has 1 aliphatic carbocycles. The Hall–Kier alpha value is -1.64. The molecule has 1 saturated carbocycles. The molecule has 0 radical (unpaired) electrons. The topological polar surface area (TPSA) is 35.2 Å². The monoisotopic (exact) mass is 281 g/mol. The predicted molar refractivity (Wildman–Crippen MR) is 86.1 cm³/mol. The highest BCUT2D eigenvalue weighted by Crippen LogP contribution is 2.31. The summed E-state index contributed by atoms with van der Waals surface area (Å²) < 4.78 is 6.28. The van der Waals surface area contributed by atoms with Crippen LogP contribution in [0, 0.1) is 0 Å². The van der Waals surface area contributed by atoms with Gasteiger partial charge in [-0.15, -0.1) is 0 Å². The second kappa shape index (κ2) is 6.42. The van der Waals surface area contributed by atoms with Crippen molar-refractivity contribution in [3.63, 3.8) is 0 Å². The molecule has 1 aliphatic rings. The van der Waals surface area contributed by atoms with E-state index in [0.29, 0.717) is 6.61 Å². The van der Waals surface area contributed by atoms with Crippen LogP contribution in [0.15, 0.2) is 60.7 Å². The van der Waals surface area contributed by atoms with Crippen LogP contribution in [-0.2, 0) is 4.74 Å². The van der Waals surface area contributed by atoms with Crippen LogP contribution in [0.2, 0.25) is 0 Å². The SMILES string of the molecule is NC1(COC(c2ccccc2)c2ccccc2)CCCC1. The molecule has 0 saturated heterocycles. The van der Waals surface area contributed by atoms with Crippen molar-refractivity contribution in [1.29, 1.82) is 0 Å². The molecule has 0 unspecified atom stereocenters. The summed E-state index contributed by atoms with van der Waals surface area (Å²) >= 11 is 0. The summed E-state index contributed by atoms with van der Waals surface area (Å²) in [5.74, 6) is 0. The molecule has 2 aromatic rings. The molecule has 2 N–H and O–H groups in total. The third-order valence-electron chi connectivity index (χ3n) is 4.34. The van der Waals surface area contributed by atoms with E-state index in [2.05, 4.69) is 48.5 Å². The van der Waals surface area contributed by atoms with E-state index in [1.807, 2.05) is 12.1 Å². The average molecular weight is 281 g/mol. The number of nitrogens with two attached hydrogens (primary N) is 1. The second-order valence-electron chi connectivity index (χ2n) is 6.08. The average Bonchev–Trinajstić information content (AvgIpc) is 2.97. The highest BCUT2D eigenvalue weighted by atomic mass is 16.5. The van der Waals surface area contributed by atoms with Crippen LogP contribution in [0.5, 0.6) is 0 Å². The Labute approximate surface area is 126 Å². The smallest absolute Gasteiger partial charge is 0.108 e. The van der Waals surface area contributed by atoms with E-state index in [-0.39, 0.29) is 11.6 Å². The van der Waals surface area contributed by atoms with Crippen LogP contribution < -0.4 is 5.73 Å². The van der Waals surface area contributed by atoms with E-state index in [4.69, 9.17) is 10.5 Å². The summed E-state index contributed by atoms with van der Waals surface area (Å²) in [4.78, 5) is 0. The summed E-state index contributed by atoms with van der Waals surface area (Å²) in [7, 11) is 0. The first-order chi connectivity index (χ1) is 10.3. The van der Waals surface area contributed by atoms with Crippen molar-refractivity contribution in [1.82, 2.24) is 0 Å². The minimum atomic E-state index is -0.137. The van der Waals surface area contributed by atoms with Crippen LogP contribution in [0.3, 0.4) is 0 Å². The predicted octanol–water partition coefficient (Wildman–Crippen LogP) is 4.06. The normalized spacial score (nSPS) is 17.2. The van der Waals surface area contributed by atoms with Crippen molar-refractivity contribution >= 4 is 0 Å². The van der Waals surface area contributed by atoms with Crippen molar-refractivity contribution in [3.05, 3.63) is 71.8 Å². The van der Waals surface area contributed by atoms with Crippen LogP contribution in [0.4, 0.5) is 0 Å². The van der Waals surface area contributed by atoms with Crippen LogP contribution in [-0.4, -0.2) is 12.1 Å². The minimum Gasteiger partial charge on any atom is -0.367 e. The molecule has 0 spiro atoms. The summed E-state index contributed by atoms with van der Waals surface area (Å²) in [6.45, 7) is 0.626. The first kappa shape index (κ1) is 14.3. The van der Waals surface area contributed by atoms with Crippen LogP contribution in [0.25, 0.3) is 0 Å². The quantitative estimate of drug-likeness (QED) is 0.897. The molecule has 0 aromatic heterocycles. The summed E-state index contributed by atoms with van der Waals surface area (Å²) in [6, 6.07) is 20.8. The number of rotatable bonds is 5. The maximum absolute atomic E-state index is 6.44. The van der Waals surface area contributed by atoms with Gasteiger partial charge in [-0.05, 0) is 24.0 Å². The molecule has 0 amide bonds. The van der Waals surface area contributed by atoms with Gasteiger partial charge in [-0.1, -0.05) is 73.5 Å². The number of ether oxygens (including phenoxy) is 1. The Morgan fingerprint density at radius 3 is 1.81 bits per heavy atom.